The Balaban J connectivity index is 1.82. The molecule has 3 rings (SSSR count). The van der Waals surface area contributed by atoms with E-state index in [9.17, 15) is 4.39 Å². The van der Waals surface area contributed by atoms with Crippen molar-refractivity contribution in [1.29, 1.82) is 0 Å². The number of nitrogens with one attached hydrogen (secondary N) is 1. The summed E-state index contributed by atoms with van der Waals surface area (Å²) in [6.45, 7) is 8.59. The second-order valence-corrected chi connectivity index (χ2v) is 6.67. The number of hydrogen-bond acceptors (Lipinski definition) is 4. The van der Waals surface area contributed by atoms with Crippen LogP contribution in [0.5, 0.6) is 0 Å². The second-order valence-electron chi connectivity index (χ2n) is 6.67. The zero-order valence-electron chi connectivity index (χ0n) is 13.9. The van der Waals surface area contributed by atoms with Crippen molar-refractivity contribution in [2.75, 3.05) is 23.3 Å². The largest absolute Gasteiger partial charge is 0.356 e. The number of rotatable bonds is 3. The van der Waals surface area contributed by atoms with E-state index in [1.807, 2.05) is 13.0 Å². The Labute approximate surface area is 136 Å². The van der Waals surface area contributed by atoms with Crippen LogP contribution in [0.2, 0.25) is 0 Å². The number of aryl methyl sites for hydroxylation is 1. The average molecular weight is 314 g/mol. The summed E-state index contributed by atoms with van der Waals surface area (Å²) in [7, 11) is 0. The van der Waals surface area contributed by atoms with Crippen molar-refractivity contribution < 1.29 is 4.39 Å². The highest BCUT2D eigenvalue weighted by molar-refractivity contribution is 5.55. The molecule has 0 bridgehead atoms. The van der Waals surface area contributed by atoms with Gasteiger partial charge in [0.15, 0.2) is 0 Å². The van der Waals surface area contributed by atoms with Gasteiger partial charge in [0.05, 0.1) is 0 Å². The van der Waals surface area contributed by atoms with E-state index >= 15 is 0 Å². The molecule has 1 saturated heterocycles. The lowest BCUT2D eigenvalue weighted by atomic mass is 9.92. The van der Waals surface area contributed by atoms with E-state index < -0.39 is 0 Å². The van der Waals surface area contributed by atoms with Crippen LogP contribution < -0.4 is 10.2 Å². The molecule has 0 amide bonds. The van der Waals surface area contributed by atoms with Crippen LogP contribution in [0.3, 0.4) is 0 Å². The van der Waals surface area contributed by atoms with Crippen molar-refractivity contribution in [3.63, 3.8) is 0 Å². The minimum absolute atomic E-state index is 0.252. The lowest BCUT2D eigenvalue weighted by Gasteiger charge is -2.36. The topological polar surface area (TPSA) is 41.1 Å². The van der Waals surface area contributed by atoms with Gasteiger partial charge in [-0.3, -0.25) is 0 Å². The lowest BCUT2D eigenvalue weighted by molar-refractivity contribution is 0.355. The molecule has 0 saturated carbocycles. The van der Waals surface area contributed by atoms with Crippen molar-refractivity contribution in [2.45, 2.75) is 27.2 Å². The highest BCUT2D eigenvalue weighted by Gasteiger charge is 2.23. The monoisotopic (exact) mass is 314 g/mol. The summed E-state index contributed by atoms with van der Waals surface area (Å²) in [5.74, 6) is 2.60. The number of hydrogen-bond donors (Lipinski definition) is 1. The van der Waals surface area contributed by atoms with Gasteiger partial charge in [-0.15, -0.1) is 0 Å². The fraction of sp³-hybridized carbons (Fsp3) is 0.444. The number of piperidine rings is 1. The summed E-state index contributed by atoms with van der Waals surface area (Å²) in [5.41, 5.74) is 1.70. The molecule has 2 aromatic rings. The predicted molar refractivity (Wildman–Crippen MR) is 91.6 cm³/mol. The molecule has 5 heteroatoms. The lowest BCUT2D eigenvalue weighted by Crippen LogP contribution is -2.39. The summed E-state index contributed by atoms with van der Waals surface area (Å²) < 4.78 is 13.0. The minimum atomic E-state index is -0.252. The number of anilines is 3. The van der Waals surface area contributed by atoms with Crippen LogP contribution in [0.25, 0.3) is 0 Å². The Hall–Kier alpha value is -2.17. The quantitative estimate of drug-likeness (QED) is 0.924. The standard InChI is InChI=1S/C18H23FN4/c1-12-8-13(2)11-23(10-12)17-9-14(3)20-18(22-17)21-16-6-4-15(19)5-7-16/h4-7,9,12-13H,8,10-11H2,1-3H3,(H,20,21,22)/t12-,13+. The molecule has 1 aromatic heterocycles. The summed E-state index contributed by atoms with van der Waals surface area (Å²) in [5, 5.41) is 3.16. The van der Waals surface area contributed by atoms with Crippen LogP contribution >= 0.6 is 0 Å². The average Bonchev–Trinajstić information content (AvgIpc) is 2.48. The van der Waals surface area contributed by atoms with Crippen molar-refractivity contribution >= 4 is 17.5 Å². The Morgan fingerprint density at radius 2 is 1.74 bits per heavy atom. The predicted octanol–water partition coefficient (Wildman–Crippen LogP) is 4.15. The van der Waals surface area contributed by atoms with Gasteiger partial charge in [0.1, 0.15) is 11.6 Å². The van der Waals surface area contributed by atoms with Gasteiger partial charge in [-0.1, -0.05) is 13.8 Å². The molecule has 1 aliphatic rings. The molecule has 122 valence electrons. The first-order valence-electron chi connectivity index (χ1n) is 8.13. The van der Waals surface area contributed by atoms with Gasteiger partial charge in [-0.25, -0.2) is 9.37 Å². The molecule has 23 heavy (non-hydrogen) atoms. The number of halogens is 1. The Bertz CT molecular complexity index is 661. The van der Waals surface area contributed by atoms with Crippen molar-refractivity contribution in [1.82, 2.24) is 9.97 Å². The molecule has 0 aliphatic carbocycles. The summed E-state index contributed by atoms with van der Waals surface area (Å²) in [6, 6.07) is 8.25. The van der Waals surface area contributed by atoms with Gasteiger partial charge in [0.2, 0.25) is 5.95 Å². The first-order chi connectivity index (χ1) is 11.0. The zero-order valence-corrected chi connectivity index (χ0v) is 13.9. The van der Waals surface area contributed by atoms with Gasteiger partial charge >= 0.3 is 0 Å². The van der Waals surface area contributed by atoms with E-state index in [1.54, 1.807) is 12.1 Å². The van der Waals surface area contributed by atoms with Crippen molar-refractivity contribution in [2.24, 2.45) is 11.8 Å². The fourth-order valence-corrected chi connectivity index (χ4v) is 3.28. The van der Waals surface area contributed by atoms with E-state index in [0.29, 0.717) is 17.8 Å². The smallest absolute Gasteiger partial charge is 0.229 e. The highest BCUT2D eigenvalue weighted by Crippen LogP contribution is 2.26. The summed E-state index contributed by atoms with van der Waals surface area (Å²) in [6.07, 6.45) is 1.27. The number of benzene rings is 1. The van der Waals surface area contributed by atoms with Crippen LogP contribution in [-0.4, -0.2) is 23.1 Å². The van der Waals surface area contributed by atoms with Crippen LogP contribution in [0, 0.1) is 24.6 Å². The van der Waals surface area contributed by atoms with Crippen molar-refractivity contribution in [3.8, 4) is 0 Å². The number of nitrogens with zero attached hydrogens (tertiary/aromatic N) is 3. The highest BCUT2D eigenvalue weighted by atomic mass is 19.1. The van der Waals surface area contributed by atoms with Crippen LogP contribution in [0.15, 0.2) is 30.3 Å². The number of aromatic nitrogens is 2. The molecule has 0 spiro atoms. The zero-order chi connectivity index (χ0) is 16.4. The van der Waals surface area contributed by atoms with E-state index in [0.717, 1.165) is 30.3 Å². The Morgan fingerprint density at radius 3 is 2.39 bits per heavy atom. The van der Waals surface area contributed by atoms with Gasteiger partial charge < -0.3 is 10.2 Å². The van der Waals surface area contributed by atoms with Crippen LogP contribution in [-0.2, 0) is 0 Å². The molecular formula is C18H23FN4. The normalized spacial score (nSPS) is 21.3. The first kappa shape index (κ1) is 15.7. The third-order valence-corrected chi connectivity index (χ3v) is 4.13. The molecule has 1 aromatic carbocycles. The summed E-state index contributed by atoms with van der Waals surface area (Å²) >= 11 is 0. The molecule has 2 atom stereocenters. The first-order valence-corrected chi connectivity index (χ1v) is 8.13. The maximum Gasteiger partial charge on any atom is 0.229 e. The minimum Gasteiger partial charge on any atom is -0.356 e. The molecular weight excluding hydrogens is 291 g/mol. The van der Waals surface area contributed by atoms with E-state index in [-0.39, 0.29) is 5.82 Å². The molecule has 4 nitrogen and oxygen atoms in total. The maximum atomic E-state index is 13.0. The van der Waals surface area contributed by atoms with Gasteiger partial charge in [-0.05, 0) is 49.4 Å². The van der Waals surface area contributed by atoms with E-state index in [2.05, 4.69) is 34.0 Å². The Morgan fingerprint density at radius 1 is 1.09 bits per heavy atom. The van der Waals surface area contributed by atoms with Crippen LogP contribution in [0.1, 0.15) is 26.0 Å². The van der Waals surface area contributed by atoms with E-state index in [4.69, 9.17) is 0 Å². The molecule has 1 fully saturated rings. The van der Waals surface area contributed by atoms with Gasteiger partial charge in [-0.2, -0.15) is 4.98 Å². The Kier molecular flexibility index (Phi) is 4.46. The molecule has 1 N–H and O–H groups in total. The molecule has 1 aliphatic heterocycles. The molecule has 0 radical (unpaired) electrons. The second kappa shape index (κ2) is 6.52. The summed E-state index contributed by atoms with van der Waals surface area (Å²) in [4.78, 5) is 11.4. The third-order valence-electron chi connectivity index (χ3n) is 4.13. The van der Waals surface area contributed by atoms with Gasteiger partial charge in [0, 0.05) is 30.5 Å². The molecule has 0 unspecified atom stereocenters. The molecule has 2 heterocycles. The van der Waals surface area contributed by atoms with Crippen LogP contribution in [0.4, 0.5) is 21.8 Å². The SMILES string of the molecule is Cc1cc(N2C[C@H](C)C[C@H](C)C2)nc(Nc2ccc(F)cc2)n1. The third kappa shape index (κ3) is 3.97. The van der Waals surface area contributed by atoms with Gasteiger partial charge in [0.25, 0.3) is 0 Å². The van der Waals surface area contributed by atoms with E-state index in [1.165, 1.54) is 18.6 Å². The van der Waals surface area contributed by atoms with Crippen molar-refractivity contribution in [3.05, 3.63) is 41.8 Å². The maximum absolute atomic E-state index is 13.0. The fourth-order valence-electron chi connectivity index (χ4n) is 3.28.